The standard InChI is InChI=1S/C18H16BrN5/c19-14-8-2-3-9-15(14)21-18-22-17(12-20-23-18)24-11-5-7-13-6-1-4-10-16(13)24/h1-4,6,8-10,12H,5,7,11H2,(H,21,22,23). The van der Waals surface area contributed by atoms with Crippen molar-refractivity contribution in [2.24, 2.45) is 0 Å². The lowest BCUT2D eigenvalue weighted by Gasteiger charge is -2.30. The number of hydrogen-bond donors (Lipinski definition) is 1. The minimum atomic E-state index is 0.488. The summed E-state index contributed by atoms with van der Waals surface area (Å²) in [6, 6.07) is 16.3. The predicted molar refractivity (Wildman–Crippen MR) is 99.0 cm³/mol. The summed E-state index contributed by atoms with van der Waals surface area (Å²) in [4.78, 5) is 6.86. The molecule has 120 valence electrons. The molecule has 1 aliphatic heterocycles. The van der Waals surface area contributed by atoms with Crippen molar-refractivity contribution in [1.82, 2.24) is 15.2 Å². The van der Waals surface area contributed by atoms with Crippen LogP contribution in [0.15, 0.2) is 59.2 Å². The fourth-order valence-electron chi connectivity index (χ4n) is 2.93. The smallest absolute Gasteiger partial charge is 0.249 e. The number of aromatic nitrogens is 3. The molecule has 0 unspecified atom stereocenters. The van der Waals surface area contributed by atoms with E-state index in [4.69, 9.17) is 0 Å². The Labute approximate surface area is 148 Å². The largest absolute Gasteiger partial charge is 0.325 e. The van der Waals surface area contributed by atoms with Crippen LogP contribution in [0.5, 0.6) is 0 Å². The van der Waals surface area contributed by atoms with Crippen molar-refractivity contribution in [2.45, 2.75) is 12.8 Å². The van der Waals surface area contributed by atoms with Gasteiger partial charge in [0.2, 0.25) is 5.95 Å². The first-order chi connectivity index (χ1) is 11.8. The van der Waals surface area contributed by atoms with Crippen LogP contribution in [0.4, 0.5) is 23.1 Å². The van der Waals surface area contributed by atoms with Crippen LogP contribution in [0.2, 0.25) is 0 Å². The third-order valence-corrected chi connectivity index (χ3v) is 4.74. The number of nitrogens with zero attached hydrogens (tertiary/aromatic N) is 4. The van der Waals surface area contributed by atoms with Gasteiger partial charge in [-0.25, -0.2) is 0 Å². The molecule has 0 amide bonds. The minimum absolute atomic E-state index is 0.488. The van der Waals surface area contributed by atoms with Gasteiger partial charge in [-0.2, -0.15) is 10.1 Å². The summed E-state index contributed by atoms with van der Waals surface area (Å²) in [6.07, 6.45) is 3.93. The van der Waals surface area contributed by atoms with Crippen LogP contribution in [0.1, 0.15) is 12.0 Å². The van der Waals surface area contributed by atoms with Crippen LogP contribution in [0, 0.1) is 0 Å². The highest BCUT2D eigenvalue weighted by Crippen LogP contribution is 2.32. The van der Waals surface area contributed by atoms with Crippen molar-refractivity contribution in [1.29, 1.82) is 0 Å². The van der Waals surface area contributed by atoms with Crippen molar-refractivity contribution in [3.8, 4) is 0 Å². The summed E-state index contributed by atoms with van der Waals surface area (Å²) in [6.45, 7) is 0.935. The van der Waals surface area contributed by atoms with Gasteiger partial charge >= 0.3 is 0 Å². The topological polar surface area (TPSA) is 53.9 Å². The van der Waals surface area contributed by atoms with E-state index in [1.54, 1.807) is 6.20 Å². The molecular weight excluding hydrogens is 366 g/mol. The number of fused-ring (bicyclic) bond motifs is 1. The van der Waals surface area contributed by atoms with Crippen LogP contribution in [-0.2, 0) is 6.42 Å². The molecule has 1 aliphatic rings. The highest BCUT2D eigenvalue weighted by molar-refractivity contribution is 9.10. The molecule has 2 aromatic carbocycles. The summed E-state index contributed by atoms with van der Waals surface area (Å²) >= 11 is 3.52. The first-order valence-corrected chi connectivity index (χ1v) is 8.67. The van der Waals surface area contributed by atoms with Crippen molar-refractivity contribution < 1.29 is 0 Å². The Hall–Kier alpha value is -2.47. The average Bonchev–Trinajstić information content (AvgIpc) is 2.63. The Morgan fingerprint density at radius 3 is 2.79 bits per heavy atom. The van der Waals surface area contributed by atoms with Gasteiger partial charge in [0.15, 0.2) is 5.82 Å². The zero-order valence-corrected chi connectivity index (χ0v) is 14.6. The molecule has 0 aliphatic carbocycles. The quantitative estimate of drug-likeness (QED) is 0.725. The zero-order valence-electron chi connectivity index (χ0n) is 13.0. The van der Waals surface area contributed by atoms with Crippen molar-refractivity contribution in [3.63, 3.8) is 0 Å². The Morgan fingerprint density at radius 2 is 1.88 bits per heavy atom. The molecule has 6 heteroatoms. The normalized spacial score (nSPS) is 13.5. The van der Waals surface area contributed by atoms with Crippen LogP contribution in [0.25, 0.3) is 0 Å². The maximum Gasteiger partial charge on any atom is 0.249 e. The molecule has 0 saturated heterocycles. The van der Waals surface area contributed by atoms with Crippen LogP contribution < -0.4 is 10.2 Å². The second kappa shape index (κ2) is 6.57. The number of aryl methyl sites for hydroxylation is 1. The summed E-state index contributed by atoms with van der Waals surface area (Å²) in [5.74, 6) is 1.30. The van der Waals surface area contributed by atoms with E-state index in [0.29, 0.717) is 5.95 Å². The molecule has 1 aromatic heterocycles. The van der Waals surface area contributed by atoms with Gasteiger partial charge in [-0.15, -0.1) is 5.10 Å². The highest BCUT2D eigenvalue weighted by atomic mass is 79.9. The monoisotopic (exact) mass is 381 g/mol. The van der Waals surface area contributed by atoms with Gasteiger partial charge in [0.05, 0.1) is 11.9 Å². The fraction of sp³-hybridized carbons (Fsp3) is 0.167. The van der Waals surface area contributed by atoms with Gasteiger partial charge in [0, 0.05) is 16.7 Å². The van der Waals surface area contributed by atoms with Gasteiger partial charge in [-0.05, 0) is 52.5 Å². The Bertz CT molecular complexity index is 867. The van der Waals surface area contributed by atoms with E-state index in [1.165, 1.54) is 11.3 Å². The van der Waals surface area contributed by atoms with Crippen molar-refractivity contribution in [2.75, 3.05) is 16.8 Å². The van der Waals surface area contributed by atoms with Crippen LogP contribution in [-0.4, -0.2) is 21.7 Å². The average molecular weight is 382 g/mol. The first-order valence-electron chi connectivity index (χ1n) is 7.88. The summed E-state index contributed by atoms with van der Waals surface area (Å²) in [5, 5.41) is 11.5. The molecule has 0 radical (unpaired) electrons. The van der Waals surface area contributed by atoms with E-state index >= 15 is 0 Å². The van der Waals surface area contributed by atoms with Gasteiger partial charge in [-0.3, -0.25) is 0 Å². The van der Waals surface area contributed by atoms with E-state index in [0.717, 1.165) is 35.4 Å². The number of benzene rings is 2. The molecule has 0 fully saturated rings. The van der Waals surface area contributed by atoms with E-state index in [9.17, 15) is 0 Å². The van der Waals surface area contributed by atoms with Gasteiger partial charge in [0.1, 0.15) is 0 Å². The Kier molecular flexibility index (Phi) is 4.13. The molecule has 0 saturated carbocycles. The van der Waals surface area contributed by atoms with Crippen molar-refractivity contribution >= 4 is 39.1 Å². The fourth-order valence-corrected chi connectivity index (χ4v) is 3.32. The second-order valence-electron chi connectivity index (χ2n) is 5.63. The van der Waals surface area contributed by atoms with Crippen LogP contribution >= 0.6 is 15.9 Å². The third-order valence-electron chi connectivity index (χ3n) is 4.05. The van der Waals surface area contributed by atoms with Gasteiger partial charge < -0.3 is 10.2 Å². The number of para-hydroxylation sites is 2. The van der Waals surface area contributed by atoms with Crippen molar-refractivity contribution in [3.05, 3.63) is 64.8 Å². The maximum atomic E-state index is 4.65. The van der Waals surface area contributed by atoms with Gasteiger partial charge in [-0.1, -0.05) is 30.3 Å². The summed E-state index contributed by atoms with van der Waals surface area (Å²) in [7, 11) is 0. The Morgan fingerprint density at radius 1 is 1.04 bits per heavy atom. The number of halogens is 1. The SMILES string of the molecule is Brc1ccccc1Nc1nncc(N2CCCc3ccccc32)n1. The van der Waals surface area contributed by atoms with Crippen LogP contribution in [0.3, 0.4) is 0 Å². The molecule has 0 bridgehead atoms. The third kappa shape index (κ3) is 2.97. The summed E-state index contributed by atoms with van der Waals surface area (Å²) in [5.41, 5.74) is 3.47. The highest BCUT2D eigenvalue weighted by Gasteiger charge is 2.19. The number of hydrogen-bond acceptors (Lipinski definition) is 5. The summed E-state index contributed by atoms with van der Waals surface area (Å²) < 4.78 is 0.960. The lowest BCUT2D eigenvalue weighted by atomic mass is 10.0. The number of nitrogens with one attached hydrogen (secondary N) is 1. The molecule has 0 spiro atoms. The van der Waals surface area contributed by atoms with Gasteiger partial charge in [0.25, 0.3) is 0 Å². The zero-order chi connectivity index (χ0) is 16.4. The van der Waals surface area contributed by atoms with E-state index in [1.807, 2.05) is 24.3 Å². The predicted octanol–water partition coefficient (Wildman–Crippen LogP) is 4.46. The minimum Gasteiger partial charge on any atom is -0.325 e. The van der Waals surface area contributed by atoms with E-state index < -0.39 is 0 Å². The number of rotatable bonds is 3. The van der Waals surface area contributed by atoms with E-state index in [-0.39, 0.29) is 0 Å². The maximum absolute atomic E-state index is 4.65. The lowest BCUT2D eigenvalue weighted by molar-refractivity contribution is 0.754. The molecule has 1 N–H and O–H groups in total. The molecule has 5 nitrogen and oxygen atoms in total. The first kappa shape index (κ1) is 15.1. The molecule has 24 heavy (non-hydrogen) atoms. The number of anilines is 4. The molecule has 2 heterocycles. The Balaban J connectivity index is 1.65. The molecule has 4 rings (SSSR count). The molecule has 0 atom stereocenters. The van der Waals surface area contributed by atoms with E-state index in [2.05, 4.69) is 65.6 Å². The molecular formula is C18H16BrN5. The lowest BCUT2D eigenvalue weighted by Crippen LogP contribution is -2.25. The molecule has 3 aromatic rings. The second-order valence-corrected chi connectivity index (χ2v) is 6.48.